The Bertz CT molecular complexity index is 150. The summed E-state index contributed by atoms with van der Waals surface area (Å²) in [6.07, 6.45) is 1.72. The van der Waals surface area contributed by atoms with Gasteiger partial charge in [-0.25, -0.2) is 0 Å². The maximum absolute atomic E-state index is 10.3. The maximum Gasteiger partial charge on any atom is 0.226 e. The van der Waals surface area contributed by atoms with Gasteiger partial charge in [-0.15, -0.1) is 0 Å². The van der Waals surface area contributed by atoms with E-state index in [1.165, 1.54) is 0 Å². The van der Waals surface area contributed by atoms with Gasteiger partial charge >= 0.3 is 0 Å². The number of carbonyl (C=O) groups excluding carboxylic acids is 2. The van der Waals surface area contributed by atoms with Crippen molar-refractivity contribution < 1.29 is 9.59 Å². The minimum absolute atomic E-state index is 0.138. The lowest BCUT2D eigenvalue weighted by molar-refractivity contribution is -0.132. The van der Waals surface area contributed by atoms with Gasteiger partial charge < -0.3 is 4.90 Å². The molecule has 4 heteroatoms. The van der Waals surface area contributed by atoms with E-state index < -0.39 is 0 Å². The molecule has 12 heavy (non-hydrogen) atoms. The van der Waals surface area contributed by atoms with E-state index in [1.807, 2.05) is 26.0 Å². The van der Waals surface area contributed by atoms with Gasteiger partial charge in [-0.2, -0.15) is 0 Å². The third-order valence-corrected chi connectivity index (χ3v) is 1.09. The van der Waals surface area contributed by atoms with Crippen LogP contribution in [-0.4, -0.2) is 37.9 Å². The summed E-state index contributed by atoms with van der Waals surface area (Å²) in [6, 6.07) is 0. The van der Waals surface area contributed by atoms with E-state index in [0.29, 0.717) is 19.3 Å². The molecule has 1 rings (SSSR count). The van der Waals surface area contributed by atoms with Crippen LogP contribution in [0.4, 0.5) is 0 Å². The Morgan fingerprint density at radius 1 is 1.08 bits per heavy atom. The van der Waals surface area contributed by atoms with E-state index in [0.717, 1.165) is 0 Å². The number of hydrogen-bond donors (Lipinski definition) is 1. The first-order valence-electron chi connectivity index (χ1n) is 3.96. The molecule has 70 valence electrons. The quantitative estimate of drug-likeness (QED) is 0.523. The fourth-order valence-corrected chi connectivity index (χ4v) is 0.690. The van der Waals surface area contributed by atoms with Gasteiger partial charge in [-0.05, 0) is 27.6 Å². The van der Waals surface area contributed by atoms with Crippen LogP contribution in [0.25, 0.3) is 0 Å². The van der Waals surface area contributed by atoms with Crippen molar-refractivity contribution in [2.75, 3.05) is 21.1 Å². The van der Waals surface area contributed by atoms with Crippen LogP contribution >= 0.6 is 0 Å². The van der Waals surface area contributed by atoms with Crippen molar-refractivity contribution in [1.29, 1.82) is 0 Å². The van der Waals surface area contributed by atoms with Crippen molar-refractivity contribution in [1.82, 2.24) is 10.2 Å². The van der Waals surface area contributed by atoms with Crippen molar-refractivity contribution in [2.45, 2.75) is 19.3 Å². The summed E-state index contributed by atoms with van der Waals surface area (Å²) in [5.74, 6) is -0.275. The van der Waals surface area contributed by atoms with Gasteiger partial charge in [-0.1, -0.05) is 0 Å². The molecule has 0 unspecified atom stereocenters. The summed E-state index contributed by atoms with van der Waals surface area (Å²) in [5, 5.41) is 2.20. The highest BCUT2D eigenvalue weighted by molar-refractivity contribution is 5.97. The predicted molar refractivity (Wildman–Crippen MR) is 46.6 cm³/mol. The number of hydrogen-bond acceptors (Lipinski definition) is 3. The lowest BCUT2D eigenvalue weighted by Gasteiger charge is -2.07. The highest BCUT2D eigenvalue weighted by atomic mass is 16.2. The average Bonchev–Trinajstić information content (AvgIpc) is 1.84. The number of carbonyl (C=O) groups is 2. The Balaban J connectivity index is 0.000000261. The number of nitrogens with one attached hydrogen (secondary N) is 1. The van der Waals surface area contributed by atoms with Crippen LogP contribution in [0.15, 0.2) is 0 Å². The number of piperidine rings is 1. The normalized spacial score (nSPS) is 16.7. The standard InChI is InChI=1S/C5H7NO2.C3H9N/c7-4-2-1-3-5(8)6-4;1-4(2)3/h1-3H2,(H,6,7,8);1-3H3. The lowest BCUT2D eigenvalue weighted by atomic mass is 10.1. The summed E-state index contributed by atoms with van der Waals surface area (Å²) >= 11 is 0. The summed E-state index contributed by atoms with van der Waals surface area (Å²) < 4.78 is 0. The largest absolute Gasteiger partial charge is 0.312 e. The summed E-state index contributed by atoms with van der Waals surface area (Å²) in [6.45, 7) is 0. The van der Waals surface area contributed by atoms with Gasteiger partial charge in [0.2, 0.25) is 11.8 Å². The molecule has 4 nitrogen and oxygen atoms in total. The molecular formula is C8H16N2O2. The molecule has 0 aliphatic carbocycles. The van der Waals surface area contributed by atoms with Gasteiger partial charge in [0, 0.05) is 12.8 Å². The van der Waals surface area contributed by atoms with Gasteiger partial charge in [0.05, 0.1) is 0 Å². The Labute approximate surface area is 72.9 Å². The van der Waals surface area contributed by atoms with E-state index in [1.54, 1.807) is 0 Å². The number of rotatable bonds is 0. The highest BCUT2D eigenvalue weighted by Gasteiger charge is 2.12. The SMILES string of the molecule is CN(C)C.O=C1CCCC(=O)N1. The molecule has 1 saturated heterocycles. The lowest BCUT2D eigenvalue weighted by Crippen LogP contribution is -2.33. The Kier molecular flexibility index (Phi) is 5.28. The van der Waals surface area contributed by atoms with Crippen LogP contribution in [0.2, 0.25) is 0 Å². The molecule has 0 atom stereocenters. The number of nitrogens with zero attached hydrogens (tertiary/aromatic N) is 1. The Morgan fingerprint density at radius 2 is 1.42 bits per heavy atom. The van der Waals surface area contributed by atoms with Crippen LogP contribution in [-0.2, 0) is 9.59 Å². The van der Waals surface area contributed by atoms with E-state index in [4.69, 9.17) is 0 Å². The van der Waals surface area contributed by atoms with Gasteiger partial charge in [-0.3, -0.25) is 14.9 Å². The van der Waals surface area contributed by atoms with Crippen molar-refractivity contribution in [2.24, 2.45) is 0 Å². The molecule has 1 aliphatic rings. The number of imide groups is 1. The van der Waals surface area contributed by atoms with Crippen LogP contribution in [0.3, 0.4) is 0 Å². The topological polar surface area (TPSA) is 49.4 Å². The van der Waals surface area contributed by atoms with E-state index in [-0.39, 0.29) is 11.8 Å². The molecule has 1 N–H and O–H groups in total. The zero-order valence-corrected chi connectivity index (χ0v) is 7.89. The Hall–Kier alpha value is -0.900. The molecule has 0 bridgehead atoms. The minimum atomic E-state index is -0.138. The van der Waals surface area contributed by atoms with Gasteiger partial charge in [0.1, 0.15) is 0 Å². The first kappa shape index (κ1) is 11.1. The fourth-order valence-electron chi connectivity index (χ4n) is 0.690. The van der Waals surface area contributed by atoms with Crippen LogP contribution < -0.4 is 5.32 Å². The molecule has 0 spiro atoms. The van der Waals surface area contributed by atoms with Crippen molar-refractivity contribution >= 4 is 11.8 Å². The van der Waals surface area contributed by atoms with Crippen LogP contribution in [0.1, 0.15) is 19.3 Å². The smallest absolute Gasteiger partial charge is 0.226 e. The van der Waals surface area contributed by atoms with Crippen LogP contribution in [0.5, 0.6) is 0 Å². The van der Waals surface area contributed by atoms with E-state index in [2.05, 4.69) is 5.32 Å². The predicted octanol–water partition coefficient (Wildman–Crippen LogP) is -0.00910. The molecule has 1 aliphatic heterocycles. The highest BCUT2D eigenvalue weighted by Crippen LogP contribution is 2.00. The van der Waals surface area contributed by atoms with Crippen molar-refractivity contribution in [3.05, 3.63) is 0 Å². The molecule has 1 fully saturated rings. The van der Waals surface area contributed by atoms with Gasteiger partial charge in [0.15, 0.2) is 0 Å². The molecule has 0 aromatic rings. The molecule has 0 aromatic heterocycles. The first-order valence-corrected chi connectivity index (χ1v) is 3.96. The monoisotopic (exact) mass is 172 g/mol. The van der Waals surface area contributed by atoms with E-state index in [9.17, 15) is 9.59 Å². The third-order valence-electron chi connectivity index (χ3n) is 1.09. The van der Waals surface area contributed by atoms with Crippen LogP contribution in [0, 0.1) is 0 Å². The van der Waals surface area contributed by atoms with Crippen molar-refractivity contribution in [3.63, 3.8) is 0 Å². The number of amides is 2. The second-order valence-corrected chi connectivity index (χ2v) is 3.17. The first-order chi connectivity index (χ1) is 5.52. The summed E-state index contributed by atoms with van der Waals surface area (Å²) in [5.41, 5.74) is 0. The minimum Gasteiger partial charge on any atom is -0.312 e. The zero-order valence-electron chi connectivity index (χ0n) is 7.89. The Morgan fingerprint density at radius 3 is 1.58 bits per heavy atom. The molecule has 0 saturated carbocycles. The van der Waals surface area contributed by atoms with Crippen molar-refractivity contribution in [3.8, 4) is 0 Å². The zero-order chi connectivity index (χ0) is 9.56. The molecule has 2 amide bonds. The summed E-state index contributed by atoms with van der Waals surface area (Å²) in [4.78, 5) is 22.7. The molecule has 0 aromatic carbocycles. The second-order valence-electron chi connectivity index (χ2n) is 3.17. The molecular weight excluding hydrogens is 156 g/mol. The third kappa shape index (κ3) is 7.21. The van der Waals surface area contributed by atoms with Gasteiger partial charge in [0.25, 0.3) is 0 Å². The fraction of sp³-hybridized carbons (Fsp3) is 0.750. The summed E-state index contributed by atoms with van der Waals surface area (Å²) in [7, 11) is 6.00. The van der Waals surface area contributed by atoms with E-state index >= 15 is 0 Å². The maximum atomic E-state index is 10.3. The second kappa shape index (κ2) is 5.71. The average molecular weight is 172 g/mol. The molecule has 0 radical (unpaired) electrons. The molecule has 1 heterocycles.